The van der Waals surface area contributed by atoms with Crippen LogP contribution in [0.4, 0.5) is 0 Å². The molecule has 0 aromatic heterocycles. The molecule has 5 heteroatoms. The first kappa shape index (κ1) is 13.6. The molecule has 1 aromatic carbocycles. The maximum atomic E-state index is 5.70. The quantitative estimate of drug-likeness (QED) is 0.837. The second-order valence-corrected chi connectivity index (χ2v) is 4.87. The molecule has 2 rings (SSSR count). The van der Waals surface area contributed by atoms with Gasteiger partial charge >= 0.3 is 0 Å². The van der Waals surface area contributed by atoms with Gasteiger partial charge in [-0.2, -0.15) is 0 Å². The van der Waals surface area contributed by atoms with Crippen LogP contribution < -0.4 is 9.47 Å². The van der Waals surface area contributed by atoms with E-state index >= 15 is 0 Å². The summed E-state index contributed by atoms with van der Waals surface area (Å²) in [7, 11) is 1.63. The van der Waals surface area contributed by atoms with Crippen molar-refractivity contribution in [1.82, 2.24) is 0 Å². The van der Waals surface area contributed by atoms with Crippen LogP contribution in [-0.2, 0) is 9.47 Å². The zero-order valence-corrected chi connectivity index (χ0v) is 11.9. The molecule has 0 radical (unpaired) electrons. The van der Waals surface area contributed by atoms with E-state index in [-0.39, 0.29) is 6.29 Å². The first-order valence-corrected chi connectivity index (χ1v) is 6.78. The van der Waals surface area contributed by atoms with Crippen molar-refractivity contribution < 1.29 is 18.9 Å². The van der Waals surface area contributed by atoms with E-state index in [9.17, 15) is 0 Å². The molecule has 1 aliphatic rings. The highest BCUT2D eigenvalue weighted by Gasteiger charge is 2.14. The molecule has 0 N–H and O–H groups in total. The number of rotatable bonds is 5. The van der Waals surface area contributed by atoms with E-state index in [4.69, 9.17) is 18.9 Å². The summed E-state index contributed by atoms with van der Waals surface area (Å²) in [5.41, 5.74) is 0. The molecule has 0 spiro atoms. The predicted octanol–water partition coefficient (Wildman–Crippen LogP) is 2.99. The predicted molar refractivity (Wildman–Crippen MR) is 71.1 cm³/mol. The summed E-state index contributed by atoms with van der Waals surface area (Å²) < 4.78 is 22.8. The molecule has 0 atom stereocenters. The van der Waals surface area contributed by atoms with Crippen LogP contribution in [0.15, 0.2) is 22.7 Å². The lowest BCUT2D eigenvalue weighted by Gasteiger charge is -2.23. The van der Waals surface area contributed by atoms with Crippen LogP contribution in [-0.4, -0.2) is 33.2 Å². The topological polar surface area (TPSA) is 36.9 Å². The zero-order valence-electron chi connectivity index (χ0n) is 10.4. The fraction of sp³-hybridized carbons (Fsp3) is 0.538. The van der Waals surface area contributed by atoms with Gasteiger partial charge in [0.2, 0.25) is 0 Å². The van der Waals surface area contributed by atoms with Gasteiger partial charge in [-0.1, -0.05) is 15.9 Å². The third-order valence-electron chi connectivity index (χ3n) is 2.63. The van der Waals surface area contributed by atoms with Crippen molar-refractivity contribution in [2.45, 2.75) is 19.1 Å². The summed E-state index contributed by atoms with van der Waals surface area (Å²) in [4.78, 5) is 0. The molecule has 0 unspecified atom stereocenters. The van der Waals surface area contributed by atoms with Gasteiger partial charge in [0.05, 0.1) is 26.9 Å². The Morgan fingerprint density at radius 2 is 2.06 bits per heavy atom. The normalized spacial score (nSPS) is 16.6. The molecule has 0 bridgehead atoms. The Bertz CT molecular complexity index is 377. The summed E-state index contributed by atoms with van der Waals surface area (Å²) in [5, 5.41) is 0. The van der Waals surface area contributed by atoms with Gasteiger partial charge in [-0.15, -0.1) is 0 Å². The molecule has 1 saturated heterocycles. The van der Waals surface area contributed by atoms with E-state index in [0.717, 1.165) is 42.0 Å². The van der Waals surface area contributed by atoms with Crippen LogP contribution in [0.25, 0.3) is 0 Å². The van der Waals surface area contributed by atoms with E-state index < -0.39 is 0 Å². The van der Waals surface area contributed by atoms with Gasteiger partial charge in [0.15, 0.2) is 17.8 Å². The first-order chi connectivity index (χ1) is 8.79. The van der Waals surface area contributed by atoms with E-state index in [0.29, 0.717) is 6.61 Å². The van der Waals surface area contributed by atoms with Crippen LogP contribution in [0.5, 0.6) is 11.5 Å². The minimum absolute atomic E-state index is 0.142. The second-order valence-electron chi connectivity index (χ2n) is 3.96. The van der Waals surface area contributed by atoms with Crippen molar-refractivity contribution in [2.75, 3.05) is 26.9 Å². The molecule has 18 heavy (non-hydrogen) atoms. The highest BCUT2D eigenvalue weighted by atomic mass is 79.9. The van der Waals surface area contributed by atoms with Crippen molar-refractivity contribution in [3.63, 3.8) is 0 Å². The largest absolute Gasteiger partial charge is 0.493 e. The number of benzene rings is 1. The highest BCUT2D eigenvalue weighted by molar-refractivity contribution is 9.10. The smallest absolute Gasteiger partial charge is 0.162 e. The van der Waals surface area contributed by atoms with Crippen molar-refractivity contribution >= 4 is 15.9 Å². The average molecular weight is 317 g/mol. The lowest BCUT2D eigenvalue weighted by molar-refractivity contribution is -0.183. The van der Waals surface area contributed by atoms with E-state index in [2.05, 4.69) is 15.9 Å². The van der Waals surface area contributed by atoms with Crippen LogP contribution in [0, 0.1) is 0 Å². The number of hydrogen-bond donors (Lipinski definition) is 0. The molecule has 100 valence electrons. The Hall–Kier alpha value is -0.780. The van der Waals surface area contributed by atoms with Crippen LogP contribution in [0.3, 0.4) is 0 Å². The molecule has 1 fully saturated rings. The van der Waals surface area contributed by atoms with Crippen LogP contribution in [0.2, 0.25) is 0 Å². The SMILES string of the molecule is COc1ccc(Br)cc1OCCC1OCCCO1. The van der Waals surface area contributed by atoms with Crippen LogP contribution in [0.1, 0.15) is 12.8 Å². The molecule has 0 amide bonds. The van der Waals surface area contributed by atoms with Gasteiger partial charge < -0.3 is 18.9 Å². The van der Waals surface area contributed by atoms with Gasteiger partial charge in [0, 0.05) is 10.9 Å². The first-order valence-electron chi connectivity index (χ1n) is 5.99. The van der Waals surface area contributed by atoms with Gasteiger partial charge in [-0.05, 0) is 24.6 Å². The summed E-state index contributed by atoms with van der Waals surface area (Å²) in [6.07, 6.45) is 1.55. The maximum absolute atomic E-state index is 5.70. The minimum atomic E-state index is -0.142. The Labute approximate surface area is 115 Å². The Morgan fingerprint density at radius 1 is 1.28 bits per heavy atom. The average Bonchev–Trinajstić information content (AvgIpc) is 2.40. The molecule has 0 aliphatic carbocycles. The summed E-state index contributed by atoms with van der Waals surface area (Å²) in [5.74, 6) is 1.45. The number of ether oxygens (including phenoxy) is 4. The Kier molecular flexibility index (Phi) is 5.28. The molecule has 0 saturated carbocycles. The van der Waals surface area contributed by atoms with Crippen molar-refractivity contribution in [3.8, 4) is 11.5 Å². The molecular formula is C13H17BrO4. The van der Waals surface area contributed by atoms with Gasteiger partial charge in [-0.25, -0.2) is 0 Å². The standard InChI is InChI=1S/C13H17BrO4/c1-15-11-4-3-10(14)9-12(11)16-8-5-13-17-6-2-7-18-13/h3-4,9,13H,2,5-8H2,1H3. The molecular weight excluding hydrogens is 300 g/mol. The lowest BCUT2D eigenvalue weighted by Crippen LogP contribution is -2.26. The minimum Gasteiger partial charge on any atom is -0.493 e. The van der Waals surface area contributed by atoms with Gasteiger partial charge in [-0.3, -0.25) is 0 Å². The third kappa shape index (κ3) is 3.86. The van der Waals surface area contributed by atoms with E-state index in [1.165, 1.54) is 0 Å². The molecule has 1 aromatic rings. The van der Waals surface area contributed by atoms with Gasteiger partial charge in [0.25, 0.3) is 0 Å². The number of halogens is 1. The van der Waals surface area contributed by atoms with Crippen molar-refractivity contribution in [3.05, 3.63) is 22.7 Å². The Morgan fingerprint density at radius 3 is 2.78 bits per heavy atom. The number of methoxy groups -OCH3 is 1. The second kappa shape index (κ2) is 6.97. The third-order valence-corrected chi connectivity index (χ3v) is 3.13. The fourth-order valence-corrected chi connectivity index (χ4v) is 2.07. The van der Waals surface area contributed by atoms with Crippen molar-refractivity contribution in [1.29, 1.82) is 0 Å². The monoisotopic (exact) mass is 316 g/mol. The molecule has 1 aliphatic heterocycles. The zero-order chi connectivity index (χ0) is 12.8. The van der Waals surface area contributed by atoms with E-state index in [1.807, 2.05) is 18.2 Å². The molecule has 4 nitrogen and oxygen atoms in total. The van der Waals surface area contributed by atoms with Crippen LogP contribution >= 0.6 is 15.9 Å². The van der Waals surface area contributed by atoms with Gasteiger partial charge in [0.1, 0.15) is 0 Å². The summed E-state index contributed by atoms with van der Waals surface area (Å²) >= 11 is 3.41. The summed E-state index contributed by atoms with van der Waals surface area (Å²) in [6.45, 7) is 2.08. The molecule has 1 heterocycles. The Balaban J connectivity index is 1.83. The fourth-order valence-electron chi connectivity index (χ4n) is 1.73. The summed E-state index contributed by atoms with van der Waals surface area (Å²) in [6, 6.07) is 5.67. The van der Waals surface area contributed by atoms with Crippen molar-refractivity contribution in [2.24, 2.45) is 0 Å². The number of hydrogen-bond acceptors (Lipinski definition) is 4. The maximum Gasteiger partial charge on any atom is 0.162 e. The van der Waals surface area contributed by atoms with E-state index in [1.54, 1.807) is 7.11 Å². The lowest BCUT2D eigenvalue weighted by atomic mass is 10.3. The highest BCUT2D eigenvalue weighted by Crippen LogP contribution is 2.30.